The van der Waals surface area contributed by atoms with E-state index in [1.54, 1.807) is 41.7 Å². The number of carbonyl (C=O) groups excluding carboxylic acids is 1. The molecule has 0 aliphatic carbocycles. The first-order chi connectivity index (χ1) is 9.58. The van der Waals surface area contributed by atoms with Crippen molar-refractivity contribution in [1.82, 2.24) is 10.4 Å². The van der Waals surface area contributed by atoms with Gasteiger partial charge >= 0.3 is 0 Å². The minimum atomic E-state index is -0.183. The van der Waals surface area contributed by atoms with Crippen LogP contribution in [0.2, 0.25) is 10.0 Å². The van der Waals surface area contributed by atoms with Crippen LogP contribution in [0.4, 0.5) is 5.69 Å². The molecule has 1 heterocycles. The predicted molar refractivity (Wildman–Crippen MR) is 80.7 cm³/mol. The molecule has 0 spiro atoms. The molecule has 0 radical (unpaired) electrons. The Morgan fingerprint density at radius 1 is 1.25 bits per heavy atom. The van der Waals surface area contributed by atoms with Crippen LogP contribution in [0, 0.1) is 0 Å². The first kappa shape index (κ1) is 14.6. The largest absolute Gasteiger partial charge is 0.279 e. The summed E-state index contributed by atoms with van der Waals surface area (Å²) in [5.74, 6) is -0.183. The van der Waals surface area contributed by atoms with Gasteiger partial charge < -0.3 is 0 Å². The van der Waals surface area contributed by atoms with Gasteiger partial charge in [0.05, 0.1) is 18.4 Å². The zero-order valence-electron chi connectivity index (χ0n) is 10.8. The molecule has 20 heavy (non-hydrogen) atoms. The lowest BCUT2D eigenvalue weighted by atomic mass is 10.2. The number of pyridine rings is 1. The van der Waals surface area contributed by atoms with Gasteiger partial charge in [0, 0.05) is 28.7 Å². The lowest BCUT2D eigenvalue weighted by Gasteiger charge is -2.25. The third-order valence-electron chi connectivity index (χ3n) is 2.63. The zero-order chi connectivity index (χ0) is 14.5. The number of hydrazine groups is 1. The monoisotopic (exact) mass is 309 g/mol. The van der Waals surface area contributed by atoms with Crippen LogP contribution >= 0.6 is 23.2 Å². The Labute approximate surface area is 127 Å². The van der Waals surface area contributed by atoms with Crippen molar-refractivity contribution in [1.29, 1.82) is 0 Å². The number of hydrogen-bond acceptors (Lipinski definition) is 3. The van der Waals surface area contributed by atoms with Gasteiger partial charge in [0.1, 0.15) is 0 Å². The average molecular weight is 310 g/mol. The van der Waals surface area contributed by atoms with Crippen LogP contribution in [-0.4, -0.2) is 10.9 Å². The van der Waals surface area contributed by atoms with Gasteiger partial charge in [-0.05, 0) is 24.3 Å². The third-order valence-corrected chi connectivity index (χ3v) is 3.34. The van der Waals surface area contributed by atoms with E-state index in [1.165, 1.54) is 6.92 Å². The quantitative estimate of drug-likeness (QED) is 0.880. The Hall–Kier alpha value is -1.78. The summed E-state index contributed by atoms with van der Waals surface area (Å²) in [6.45, 7) is 1.79. The van der Waals surface area contributed by atoms with Crippen molar-refractivity contribution in [2.24, 2.45) is 0 Å². The van der Waals surface area contributed by atoms with Crippen LogP contribution < -0.4 is 10.4 Å². The molecule has 104 valence electrons. The molecule has 2 rings (SSSR count). The van der Waals surface area contributed by atoms with Crippen LogP contribution in [0.5, 0.6) is 0 Å². The second-order valence-electron chi connectivity index (χ2n) is 4.17. The SMILES string of the molecule is CC(=O)NN(Cc1c(Cl)cccc1Cl)c1cccnc1. The number of anilines is 1. The van der Waals surface area contributed by atoms with E-state index in [4.69, 9.17) is 23.2 Å². The van der Waals surface area contributed by atoms with E-state index in [1.807, 2.05) is 6.07 Å². The number of aromatic nitrogens is 1. The van der Waals surface area contributed by atoms with Gasteiger partial charge in [-0.2, -0.15) is 0 Å². The lowest BCUT2D eigenvalue weighted by molar-refractivity contribution is -0.119. The standard InChI is InChI=1S/C14H13Cl2N3O/c1-10(20)18-19(11-4-3-7-17-8-11)9-12-13(15)5-2-6-14(12)16/h2-8H,9H2,1H3,(H,18,20). The second-order valence-corrected chi connectivity index (χ2v) is 4.98. The maximum atomic E-state index is 11.3. The Morgan fingerprint density at radius 3 is 2.50 bits per heavy atom. The molecular weight excluding hydrogens is 297 g/mol. The summed E-state index contributed by atoms with van der Waals surface area (Å²) in [4.78, 5) is 15.4. The number of nitrogens with one attached hydrogen (secondary N) is 1. The molecule has 0 atom stereocenters. The van der Waals surface area contributed by atoms with Gasteiger partial charge in [-0.25, -0.2) is 0 Å². The molecule has 1 N–H and O–H groups in total. The summed E-state index contributed by atoms with van der Waals surface area (Å²) in [6.07, 6.45) is 3.32. The van der Waals surface area contributed by atoms with Crippen molar-refractivity contribution in [2.75, 3.05) is 5.01 Å². The number of rotatable bonds is 4. The molecule has 0 aliphatic heterocycles. The van der Waals surface area contributed by atoms with Crippen molar-refractivity contribution in [3.05, 3.63) is 58.3 Å². The van der Waals surface area contributed by atoms with Gasteiger partial charge in [0.25, 0.3) is 0 Å². The normalized spacial score (nSPS) is 10.2. The fraction of sp³-hybridized carbons (Fsp3) is 0.143. The molecule has 0 aliphatic rings. The molecule has 4 nitrogen and oxygen atoms in total. The van der Waals surface area contributed by atoms with Crippen molar-refractivity contribution in [3.63, 3.8) is 0 Å². The third kappa shape index (κ3) is 3.62. The number of amides is 1. The van der Waals surface area contributed by atoms with E-state index in [0.29, 0.717) is 16.6 Å². The maximum Gasteiger partial charge on any atom is 0.235 e. The van der Waals surface area contributed by atoms with Gasteiger partial charge in [-0.3, -0.25) is 20.2 Å². The number of benzene rings is 1. The zero-order valence-corrected chi connectivity index (χ0v) is 12.3. The smallest absolute Gasteiger partial charge is 0.235 e. The van der Waals surface area contributed by atoms with E-state index in [0.717, 1.165) is 11.3 Å². The van der Waals surface area contributed by atoms with E-state index in [2.05, 4.69) is 10.4 Å². The highest BCUT2D eigenvalue weighted by Gasteiger charge is 2.13. The summed E-state index contributed by atoms with van der Waals surface area (Å²) < 4.78 is 0. The molecule has 2 aromatic rings. The lowest BCUT2D eigenvalue weighted by Crippen LogP contribution is -2.40. The molecule has 1 aromatic heterocycles. The van der Waals surface area contributed by atoms with E-state index in [-0.39, 0.29) is 5.91 Å². The summed E-state index contributed by atoms with van der Waals surface area (Å²) in [5.41, 5.74) is 4.23. The van der Waals surface area contributed by atoms with Crippen LogP contribution in [0.3, 0.4) is 0 Å². The van der Waals surface area contributed by atoms with Crippen molar-refractivity contribution >= 4 is 34.8 Å². The highest BCUT2D eigenvalue weighted by molar-refractivity contribution is 6.36. The molecule has 0 saturated heterocycles. The van der Waals surface area contributed by atoms with Crippen LogP contribution in [-0.2, 0) is 11.3 Å². The minimum Gasteiger partial charge on any atom is -0.279 e. The van der Waals surface area contributed by atoms with E-state index < -0.39 is 0 Å². The highest BCUT2D eigenvalue weighted by Crippen LogP contribution is 2.26. The molecule has 1 amide bonds. The molecule has 0 fully saturated rings. The summed E-state index contributed by atoms with van der Waals surface area (Å²) >= 11 is 12.3. The Balaban J connectivity index is 2.31. The predicted octanol–water partition coefficient (Wildman–Crippen LogP) is 3.45. The highest BCUT2D eigenvalue weighted by atomic mass is 35.5. The number of nitrogens with zero attached hydrogens (tertiary/aromatic N) is 2. The fourth-order valence-electron chi connectivity index (χ4n) is 1.74. The van der Waals surface area contributed by atoms with Gasteiger partial charge in [-0.1, -0.05) is 29.3 Å². The maximum absolute atomic E-state index is 11.3. The summed E-state index contributed by atoms with van der Waals surface area (Å²) in [7, 11) is 0. The molecule has 0 bridgehead atoms. The van der Waals surface area contributed by atoms with Gasteiger partial charge in [0.2, 0.25) is 5.91 Å². The fourth-order valence-corrected chi connectivity index (χ4v) is 2.26. The molecule has 0 saturated carbocycles. The summed E-state index contributed by atoms with van der Waals surface area (Å²) in [6, 6.07) is 8.93. The van der Waals surface area contributed by atoms with Gasteiger partial charge in [-0.15, -0.1) is 0 Å². The Bertz CT molecular complexity index is 584. The molecular formula is C14H13Cl2N3O. The first-order valence-corrected chi connectivity index (χ1v) is 6.71. The van der Waals surface area contributed by atoms with Gasteiger partial charge in [0.15, 0.2) is 0 Å². The van der Waals surface area contributed by atoms with E-state index >= 15 is 0 Å². The van der Waals surface area contributed by atoms with Crippen LogP contribution in [0.15, 0.2) is 42.7 Å². The van der Waals surface area contributed by atoms with Crippen LogP contribution in [0.25, 0.3) is 0 Å². The van der Waals surface area contributed by atoms with Crippen molar-refractivity contribution < 1.29 is 4.79 Å². The Morgan fingerprint density at radius 2 is 1.95 bits per heavy atom. The average Bonchev–Trinajstić information content (AvgIpc) is 2.42. The van der Waals surface area contributed by atoms with Crippen molar-refractivity contribution in [2.45, 2.75) is 13.5 Å². The Kier molecular flexibility index (Phi) is 4.82. The molecule has 0 unspecified atom stereocenters. The molecule has 1 aromatic carbocycles. The number of hydrogen-bond donors (Lipinski definition) is 1. The number of halogens is 2. The topological polar surface area (TPSA) is 45.2 Å². The minimum absolute atomic E-state index is 0.183. The van der Waals surface area contributed by atoms with Crippen molar-refractivity contribution in [3.8, 4) is 0 Å². The van der Waals surface area contributed by atoms with Crippen LogP contribution in [0.1, 0.15) is 12.5 Å². The second kappa shape index (κ2) is 6.59. The first-order valence-electron chi connectivity index (χ1n) is 5.95. The summed E-state index contributed by atoms with van der Waals surface area (Å²) in [5, 5.41) is 2.76. The van der Waals surface area contributed by atoms with E-state index in [9.17, 15) is 4.79 Å². The number of carbonyl (C=O) groups is 1. The molecule has 6 heteroatoms.